The summed E-state index contributed by atoms with van der Waals surface area (Å²) in [6.07, 6.45) is 0.291. The van der Waals surface area contributed by atoms with E-state index in [1.807, 2.05) is 63.2 Å². The summed E-state index contributed by atoms with van der Waals surface area (Å²) in [6.45, 7) is 8.98. The first-order chi connectivity index (χ1) is 21.2. The van der Waals surface area contributed by atoms with Gasteiger partial charge in [-0.25, -0.2) is 9.78 Å². The van der Waals surface area contributed by atoms with Gasteiger partial charge in [-0.3, -0.25) is 5.32 Å². The number of rotatable bonds is 7. The van der Waals surface area contributed by atoms with Gasteiger partial charge in [0.25, 0.3) is 0 Å². The van der Waals surface area contributed by atoms with Crippen molar-refractivity contribution >= 4 is 29.2 Å². The Morgan fingerprint density at radius 1 is 1.00 bits per heavy atom. The van der Waals surface area contributed by atoms with Crippen molar-refractivity contribution in [2.45, 2.75) is 49.2 Å². The second kappa shape index (κ2) is 12.8. The van der Waals surface area contributed by atoms with E-state index >= 15 is 0 Å². The smallest absolute Gasteiger partial charge is 0.412 e. The highest BCUT2D eigenvalue weighted by molar-refractivity contribution is 7.99. The molecule has 0 radical (unpaired) electrons. The zero-order valence-corrected chi connectivity index (χ0v) is 26.3. The molecule has 1 saturated heterocycles. The van der Waals surface area contributed by atoms with Gasteiger partial charge in [0, 0.05) is 45.9 Å². The average Bonchev–Trinajstić information content (AvgIpc) is 3.02. The van der Waals surface area contributed by atoms with Crippen LogP contribution in [0, 0.1) is 0 Å². The number of methoxy groups -OCH3 is 1. The summed E-state index contributed by atoms with van der Waals surface area (Å²) in [6, 6.07) is 24.5. The standard InChI is InChI=1S/C35H37N3O5S/c1-35(2,3)43-34(39)36-26-10-13-31-25(19-26)18-24-6-5-7-29(33(24)44-31)30-20-27(38-14-16-41-17-15-38)21-32(37-30)42-22-23-8-11-28(40-4)12-9-23/h5-13,19-21H,14-18,22H2,1-4H3,(H,36,39). The van der Waals surface area contributed by atoms with E-state index in [9.17, 15) is 4.79 Å². The summed E-state index contributed by atoms with van der Waals surface area (Å²) in [5.41, 5.74) is 6.58. The fourth-order valence-electron chi connectivity index (χ4n) is 5.26. The van der Waals surface area contributed by atoms with Crippen molar-refractivity contribution in [3.05, 3.63) is 89.5 Å². The Morgan fingerprint density at radius 3 is 2.55 bits per heavy atom. The van der Waals surface area contributed by atoms with Crippen molar-refractivity contribution in [2.24, 2.45) is 0 Å². The van der Waals surface area contributed by atoms with E-state index in [1.54, 1.807) is 18.9 Å². The summed E-state index contributed by atoms with van der Waals surface area (Å²) in [5.74, 6) is 1.39. The molecule has 6 rings (SSSR count). The predicted octanol–water partition coefficient (Wildman–Crippen LogP) is 7.58. The molecular formula is C35H37N3O5S. The molecule has 44 heavy (non-hydrogen) atoms. The first-order valence-electron chi connectivity index (χ1n) is 14.8. The van der Waals surface area contributed by atoms with Crippen LogP contribution in [0.3, 0.4) is 0 Å². The van der Waals surface area contributed by atoms with Gasteiger partial charge in [0.2, 0.25) is 5.88 Å². The van der Waals surface area contributed by atoms with Crippen molar-refractivity contribution in [2.75, 3.05) is 43.6 Å². The highest BCUT2D eigenvalue weighted by Crippen LogP contribution is 2.45. The van der Waals surface area contributed by atoms with E-state index in [0.717, 1.165) is 63.9 Å². The van der Waals surface area contributed by atoms with Crippen molar-refractivity contribution in [3.8, 4) is 22.9 Å². The third kappa shape index (κ3) is 7.11. The van der Waals surface area contributed by atoms with Crippen molar-refractivity contribution in [1.29, 1.82) is 0 Å². The number of morpholine rings is 1. The lowest BCUT2D eigenvalue weighted by Crippen LogP contribution is -2.36. The molecule has 1 amide bonds. The summed E-state index contributed by atoms with van der Waals surface area (Å²) < 4.78 is 22.6. The minimum absolute atomic E-state index is 0.400. The van der Waals surface area contributed by atoms with Gasteiger partial charge in [-0.05, 0) is 80.3 Å². The number of anilines is 2. The van der Waals surface area contributed by atoms with E-state index < -0.39 is 11.7 Å². The topological polar surface area (TPSA) is 82.2 Å². The van der Waals surface area contributed by atoms with Crippen LogP contribution in [0.2, 0.25) is 0 Å². The van der Waals surface area contributed by atoms with Gasteiger partial charge in [0.15, 0.2) is 0 Å². The normalized spacial score (nSPS) is 14.3. The number of nitrogens with zero attached hydrogens (tertiary/aromatic N) is 2. The minimum atomic E-state index is -0.558. The molecule has 0 spiro atoms. The van der Waals surface area contributed by atoms with Crippen LogP contribution in [0.15, 0.2) is 82.6 Å². The number of nitrogens with one attached hydrogen (secondary N) is 1. The summed E-state index contributed by atoms with van der Waals surface area (Å²) in [5, 5.41) is 2.87. The molecule has 2 aliphatic rings. The molecule has 2 aliphatic heterocycles. The molecule has 4 aromatic rings. The molecule has 1 aromatic heterocycles. The molecule has 9 heteroatoms. The van der Waals surface area contributed by atoms with Crippen molar-refractivity contribution < 1.29 is 23.7 Å². The lowest BCUT2D eigenvalue weighted by atomic mass is 9.99. The van der Waals surface area contributed by atoms with Gasteiger partial charge >= 0.3 is 6.09 Å². The van der Waals surface area contributed by atoms with Crippen molar-refractivity contribution in [1.82, 2.24) is 4.98 Å². The van der Waals surface area contributed by atoms with Crippen LogP contribution in [0.1, 0.15) is 37.5 Å². The van der Waals surface area contributed by atoms with Crippen LogP contribution in [-0.4, -0.2) is 50.1 Å². The van der Waals surface area contributed by atoms with Gasteiger partial charge in [0.1, 0.15) is 18.0 Å². The third-order valence-corrected chi connectivity index (χ3v) is 8.68. The lowest BCUT2D eigenvalue weighted by molar-refractivity contribution is 0.0636. The highest BCUT2D eigenvalue weighted by atomic mass is 32.2. The molecule has 0 saturated carbocycles. The fourth-order valence-corrected chi connectivity index (χ4v) is 6.44. The quantitative estimate of drug-likeness (QED) is 0.202. The monoisotopic (exact) mass is 611 g/mol. The number of hydrogen-bond donors (Lipinski definition) is 1. The van der Waals surface area contributed by atoms with Gasteiger partial charge in [-0.2, -0.15) is 0 Å². The van der Waals surface area contributed by atoms with Crippen LogP contribution in [-0.2, 0) is 22.5 Å². The van der Waals surface area contributed by atoms with E-state index in [-0.39, 0.29) is 0 Å². The van der Waals surface area contributed by atoms with Crippen LogP contribution in [0.5, 0.6) is 11.6 Å². The number of aromatic nitrogens is 1. The SMILES string of the molecule is COc1ccc(COc2cc(N3CCOCC3)cc(-c3cccc4c3Sc3ccc(NC(=O)OC(C)(C)C)cc3C4)n2)cc1. The van der Waals surface area contributed by atoms with Gasteiger partial charge in [-0.1, -0.05) is 42.1 Å². The number of carbonyl (C=O) groups excluding carboxylic acids is 1. The average molecular weight is 612 g/mol. The number of fused-ring (bicyclic) bond motifs is 2. The van der Waals surface area contributed by atoms with Crippen LogP contribution >= 0.6 is 11.8 Å². The Bertz CT molecular complexity index is 1650. The number of carbonyl (C=O) groups is 1. The molecule has 0 bridgehead atoms. The third-order valence-electron chi connectivity index (χ3n) is 7.38. The first kappa shape index (κ1) is 29.8. The number of ether oxygens (including phenoxy) is 4. The zero-order chi connectivity index (χ0) is 30.7. The number of hydrogen-bond acceptors (Lipinski definition) is 8. The maximum atomic E-state index is 12.3. The molecule has 8 nitrogen and oxygen atoms in total. The molecular weight excluding hydrogens is 574 g/mol. The second-order valence-electron chi connectivity index (χ2n) is 11.8. The predicted molar refractivity (Wildman–Crippen MR) is 173 cm³/mol. The Morgan fingerprint density at radius 2 is 1.80 bits per heavy atom. The first-order valence-corrected chi connectivity index (χ1v) is 15.6. The van der Waals surface area contributed by atoms with E-state index in [2.05, 4.69) is 40.5 Å². The molecule has 1 fully saturated rings. The Hall–Kier alpha value is -4.21. The van der Waals surface area contributed by atoms with Crippen LogP contribution < -0.4 is 19.7 Å². The van der Waals surface area contributed by atoms with E-state index in [4.69, 9.17) is 23.9 Å². The summed E-state index contributed by atoms with van der Waals surface area (Å²) in [4.78, 5) is 22.0. The minimum Gasteiger partial charge on any atom is -0.497 e. The summed E-state index contributed by atoms with van der Waals surface area (Å²) >= 11 is 1.73. The Balaban J connectivity index is 1.28. The van der Waals surface area contributed by atoms with E-state index in [0.29, 0.717) is 25.7 Å². The zero-order valence-electron chi connectivity index (χ0n) is 25.5. The fraction of sp³-hybridized carbons (Fsp3) is 0.314. The Labute approximate surface area is 262 Å². The second-order valence-corrected chi connectivity index (χ2v) is 12.9. The highest BCUT2D eigenvalue weighted by Gasteiger charge is 2.23. The molecule has 3 heterocycles. The number of pyridine rings is 1. The maximum absolute atomic E-state index is 12.3. The maximum Gasteiger partial charge on any atom is 0.412 e. The molecule has 228 valence electrons. The van der Waals surface area contributed by atoms with E-state index in [1.165, 1.54) is 10.5 Å². The van der Waals surface area contributed by atoms with Gasteiger partial charge < -0.3 is 23.8 Å². The van der Waals surface area contributed by atoms with Gasteiger partial charge in [-0.15, -0.1) is 0 Å². The molecule has 0 atom stereocenters. The van der Waals surface area contributed by atoms with Gasteiger partial charge in [0.05, 0.1) is 26.0 Å². The molecule has 0 aliphatic carbocycles. The number of amides is 1. The molecule has 0 unspecified atom stereocenters. The molecule has 1 N–H and O–H groups in total. The van der Waals surface area contributed by atoms with Crippen LogP contribution in [0.25, 0.3) is 11.3 Å². The largest absolute Gasteiger partial charge is 0.497 e. The number of benzene rings is 3. The lowest BCUT2D eigenvalue weighted by Gasteiger charge is -2.29. The Kier molecular flexibility index (Phi) is 8.68. The molecule has 3 aromatic carbocycles. The summed E-state index contributed by atoms with van der Waals surface area (Å²) in [7, 11) is 1.66. The van der Waals surface area contributed by atoms with Crippen LogP contribution in [0.4, 0.5) is 16.2 Å². The van der Waals surface area contributed by atoms with Crippen molar-refractivity contribution in [3.63, 3.8) is 0 Å².